The van der Waals surface area contributed by atoms with Crippen molar-refractivity contribution in [2.75, 3.05) is 0 Å². The number of benzene rings is 2. The molecule has 0 fully saturated rings. The first-order valence-corrected chi connectivity index (χ1v) is 11.3. The van der Waals surface area contributed by atoms with Gasteiger partial charge < -0.3 is 9.47 Å². The maximum atomic E-state index is 14.6. The second-order valence-electron chi connectivity index (χ2n) is 8.10. The Labute approximate surface area is 207 Å². The van der Waals surface area contributed by atoms with E-state index in [1.807, 2.05) is 0 Å². The van der Waals surface area contributed by atoms with Gasteiger partial charge in [-0.25, -0.2) is 18.7 Å². The molecule has 4 nitrogen and oxygen atoms in total. The van der Waals surface area contributed by atoms with Crippen LogP contribution in [0, 0.1) is 11.6 Å². The zero-order chi connectivity index (χ0) is 27.2. The average Bonchev–Trinajstić information content (AvgIpc) is 2.83. The summed E-state index contributed by atoms with van der Waals surface area (Å²) < 4.78 is 116. The molecule has 1 aromatic heterocycles. The molecule has 0 atom stereocenters. The van der Waals surface area contributed by atoms with Crippen LogP contribution in [0.5, 0.6) is 11.5 Å². The van der Waals surface area contributed by atoms with Crippen LogP contribution in [-0.4, -0.2) is 22.5 Å². The van der Waals surface area contributed by atoms with E-state index in [1.165, 1.54) is 0 Å². The van der Waals surface area contributed by atoms with Gasteiger partial charge in [0.15, 0.2) is 17.4 Å². The first-order valence-electron chi connectivity index (χ1n) is 11.3. The number of hydrogen-bond donors (Lipinski definition) is 0. The number of aromatic nitrogens is 2. The van der Waals surface area contributed by atoms with E-state index in [1.54, 1.807) is 12.4 Å². The SMILES string of the molecule is CCCCCCc1cnc(-c2ccc(C(F)(F)Oc3ccc(OC(F)(F)C(F)F)c(F)c3)c(F)c2)nc1. The minimum Gasteiger partial charge on any atom is -0.429 e. The van der Waals surface area contributed by atoms with Crippen molar-refractivity contribution in [2.24, 2.45) is 0 Å². The molecule has 37 heavy (non-hydrogen) atoms. The van der Waals surface area contributed by atoms with Gasteiger partial charge in [0, 0.05) is 24.0 Å². The lowest BCUT2D eigenvalue weighted by molar-refractivity contribution is -0.254. The standard InChI is InChI=1S/C25H22F8N2O2/c1-2-3-4-5-6-15-13-34-22(35-14-15)16-7-9-18(19(26)11-16)24(30,31)36-17-8-10-21(20(27)12-17)37-25(32,33)23(28)29/h7-14,23H,2-6H2,1H3. The third kappa shape index (κ3) is 7.30. The van der Waals surface area contributed by atoms with E-state index >= 15 is 0 Å². The van der Waals surface area contributed by atoms with Crippen LogP contribution in [0.15, 0.2) is 48.8 Å². The second-order valence-corrected chi connectivity index (χ2v) is 8.10. The van der Waals surface area contributed by atoms with Gasteiger partial charge in [-0.1, -0.05) is 32.3 Å². The van der Waals surface area contributed by atoms with E-state index in [0.717, 1.165) is 55.9 Å². The van der Waals surface area contributed by atoms with Crippen LogP contribution in [-0.2, 0) is 12.5 Å². The van der Waals surface area contributed by atoms with Crippen LogP contribution in [0.4, 0.5) is 35.1 Å². The zero-order valence-electron chi connectivity index (χ0n) is 19.5. The molecule has 0 radical (unpaired) electrons. The van der Waals surface area contributed by atoms with Crippen molar-refractivity contribution in [1.29, 1.82) is 0 Å². The summed E-state index contributed by atoms with van der Waals surface area (Å²) in [4.78, 5) is 8.30. The summed E-state index contributed by atoms with van der Waals surface area (Å²) in [6.45, 7) is 2.10. The third-order valence-electron chi connectivity index (χ3n) is 5.21. The summed E-state index contributed by atoms with van der Waals surface area (Å²) >= 11 is 0. The Morgan fingerprint density at radius 2 is 1.54 bits per heavy atom. The highest BCUT2D eigenvalue weighted by molar-refractivity contribution is 5.55. The minimum absolute atomic E-state index is 0.116. The summed E-state index contributed by atoms with van der Waals surface area (Å²) in [5.41, 5.74) is -0.186. The molecular weight excluding hydrogens is 512 g/mol. The predicted octanol–water partition coefficient (Wildman–Crippen LogP) is 7.91. The highest BCUT2D eigenvalue weighted by Crippen LogP contribution is 2.37. The van der Waals surface area contributed by atoms with Gasteiger partial charge in [-0.05, 0) is 42.7 Å². The first kappa shape index (κ1) is 28.1. The molecule has 0 saturated carbocycles. The highest BCUT2D eigenvalue weighted by atomic mass is 19.3. The molecule has 12 heteroatoms. The van der Waals surface area contributed by atoms with E-state index < -0.39 is 47.3 Å². The van der Waals surface area contributed by atoms with Crippen molar-refractivity contribution >= 4 is 0 Å². The number of ether oxygens (including phenoxy) is 2. The molecular formula is C25H22F8N2O2. The summed E-state index contributed by atoms with van der Waals surface area (Å²) in [7, 11) is 0. The van der Waals surface area contributed by atoms with Crippen molar-refractivity contribution < 1.29 is 44.6 Å². The van der Waals surface area contributed by atoms with Gasteiger partial charge in [-0.3, -0.25) is 0 Å². The number of alkyl halides is 6. The molecule has 200 valence electrons. The van der Waals surface area contributed by atoms with Gasteiger partial charge in [0.05, 0.1) is 5.56 Å². The zero-order valence-corrected chi connectivity index (χ0v) is 19.5. The molecule has 0 saturated heterocycles. The summed E-state index contributed by atoms with van der Waals surface area (Å²) in [5, 5.41) is 0. The van der Waals surface area contributed by atoms with Crippen molar-refractivity contribution in [2.45, 2.75) is 57.7 Å². The van der Waals surface area contributed by atoms with E-state index in [9.17, 15) is 35.1 Å². The molecule has 2 aromatic carbocycles. The number of halogens is 8. The predicted molar refractivity (Wildman–Crippen MR) is 118 cm³/mol. The molecule has 0 spiro atoms. The molecule has 0 amide bonds. The summed E-state index contributed by atoms with van der Waals surface area (Å²) in [6.07, 6.45) is -5.37. The normalized spacial score (nSPS) is 12.2. The van der Waals surface area contributed by atoms with Crippen LogP contribution < -0.4 is 9.47 Å². The van der Waals surface area contributed by atoms with Crippen LogP contribution in [0.3, 0.4) is 0 Å². The van der Waals surface area contributed by atoms with Gasteiger partial charge >= 0.3 is 18.6 Å². The fourth-order valence-electron chi connectivity index (χ4n) is 3.30. The highest BCUT2D eigenvalue weighted by Gasteiger charge is 2.44. The van der Waals surface area contributed by atoms with Crippen LogP contribution >= 0.6 is 0 Å². The van der Waals surface area contributed by atoms with Gasteiger partial charge in [-0.2, -0.15) is 26.3 Å². The van der Waals surface area contributed by atoms with E-state index in [0.29, 0.717) is 12.1 Å². The Bertz CT molecular complexity index is 1190. The average molecular weight is 534 g/mol. The van der Waals surface area contributed by atoms with Crippen molar-refractivity contribution in [3.8, 4) is 22.9 Å². The minimum atomic E-state index is -5.00. The summed E-state index contributed by atoms with van der Waals surface area (Å²) in [5.74, 6) is -5.13. The number of aryl methyl sites for hydroxylation is 1. The fraction of sp³-hybridized carbons (Fsp3) is 0.360. The molecule has 3 aromatic rings. The molecule has 0 aliphatic rings. The molecule has 0 aliphatic carbocycles. The molecule has 3 rings (SSSR count). The maximum Gasteiger partial charge on any atom is 0.461 e. The van der Waals surface area contributed by atoms with E-state index in [-0.39, 0.29) is 17.5 Å². The monoisotopic (exact) mass is 534 g/mol. The lowest BCUT2D eigenvalue weighted by Gasteiger charge is -2.20. The molecule has 0 bridgehead atoms. The van der Waals surface area contributed by atoms with Crippen LogP contribution in [0.25, 0.3) is 11.4 Å². The quantitative estimate of drug-likeness (QED) is 0.175. The Balaban J connectivity index is 1.71. The lowest BCUT2D eigenvalue weighted by atomic mass is 10.1. The molecule has 0 unspecified atom stereocenters. The molecule has 0 aliphatic heterocycles. The lowest BCUT2D eigenvalue weighted by Crippen LogP contribution is -2.33. The van der Waals surface area contributed by atoms with Crippen LogP contribution in [0.2, 0.25) is 0 Å². The second kappa shape index (κ2) is 11.7. The van der Waals surface area contributed by atoms with E-state index in [4.69, 9.17) is 0 Å². The number of unbranched alkanes of at least 4 members (excludes halogenated alkanes) is 3. The smallest absolute Gasteiger partial charge is 0.429 e. The number of rotatable bonds is 12. The van der Waals surface area contributed by atoms with Gasteiger partial charge in [0.25, 0.3) is 0 Å². The number of hydrogen-bond acceptors (Lipinski definition) is 4. The van der Waals surface area contributed by atoms with Gasteiger partial charge in [-0.15, -0.1) is 0 Å². The Hall–Kier alpha value is -3.44. The molecule has 0 N–H and O–H groups in total. The third-order valence-corrected chi connectivity index (χ3v) is 5.21. The van der Waals surface area contributed by atoms with Gasteiger partial charge in [0.2, 0.25) is 0 Å². The van der Waals surface area contributed by atoms with Crippen molar-refractivity contribution in [1.82, 2.24) is 9.97 Å². The Morgan fingerprint density at radius 1 is 0.838 bits per heavy atom. The fourth-order valence-corrected chi connectivity index (χ4v) is 3.30. The topological polar surface area (TPSA) is 44.2 Å². The van der Waals surface area contributed by atoms with Gasteiger partial charge in [0.1, 0.15) is 11.6 Å². The summed E-state index contributed by atoms with van der Waals surface area (Å²) in [6, 6.07) is 3.88. The van der Waals surface area contributed by atoms with Crippen LogP contribution in [0.1, 0.15) is 43.7 Å². The van der Waals surface area contributed by atoms with Crippen molar-refractivity contribution in [3.63, 3.8) is 0 Å². The first-order chi connectivity index (χ1) is 17.4. The molecule has 1 heterocycles. The Morgan fingerprint density at radius 3 is 2.14 bits per heavy atom. The number of nitrogens with zero attached hydrogens (tertiary/aromatic N) is 2. The van der Waals surface area contributed by atoms with Crippen molar-refractivity contribution in [3.05, 3.63) is 71.6 Å². The Kier molecular flexibility index (Phi) is 8.93. The van der Waals surface area contributed by atoms with E-state index in [2.05, 4.69) is 26.4 Å². The maximum absolute atomic E-state index is 14.6. The largest absolute Gasteiger partial charge is 0.461 e.